The van der Waals surface area contributed by atoms with E-state index in [2.05, 4.69) is 22.3 Å². The van der Waals surface area contributed by atoms with Gasteiger partial charge in [0.15, 0.2) is 5.16 Å². The zero-order valence-corrected chi connectivity index (χ0v) is 12.5. The lowest BCUT2D eigenvalue weighted by atomic mass is 10.0. The molecule has 0 bridgehead atoms. The molecule has 1 fully saturated rings. The van der Waals surface area contributed by atoms with E-state index in [1.54, 1.807) is 7.05 Å². The van der Waals surface area contributed by atoms with Crippen molar-refractivity contribution in [1.82, 2.24) is 20.1 Å². The van der Waals surface area contributed by atoms with Crippen molar-refractivity contribution in [2.75, 3.05) is 25.5 Å². The predicted molar refractivity (Wildman–Crippen MR) is 77.2 cm³/mol. The number of H-pyrrole nitrogens is 1. The fourth-order valence-corrected chi connectivity index (χ4v) is 3.35. The molecule has 1 aromatic heterocycles. The number of hydrogen-bond donors (Lipinski definition) is 2. The Balaban J connectivity index is 2.03. The molecule has 0 aromatic carbocycles. The highest BCUT2D eigenvalue weighted by Crippen LogP contribution is 2.22. The molecule has 2 unspecified atom stereocenters. The lowest BCUT2D eigenvalue weighted by Crippen LogP contribution is -2.39. The van der Waals surface area contributed by atoms with Crippen LogP contribution >= 0.6 is 11.8 Å². The van der Waals surface area contributed by atoms with Crippen LogP contribution in [-0.2, 0) is 11.8 Å². The maximum Gasteiger partial charge on any atom is 0.339 e. The molecule has 0 radical (unpaired) electrons. The van der Waals surface area contributed by atoms with Crippen LogP contribution < -0.4 is 16.4 Å². The SMILES string of the molecule is CCNC(CSc1nc(=O)c(=O)[nH]n1C)C1CCOC1. The summed E-state index contributed by atoms with van der Waals surface area (Å²) >= 11 is 1.47. The molecule has 1 aliphatic rings. The molecule has 2 N–H and O–H groups in total. The van der Waals surface area contributed by atoms with Crippen LogP contribution in [0.5, 0.6) is 0 Å². The Morgan fingerprint density at radius 3 is 3.05 bits per heavy atom. The van der Waals surface area contributed by atoms with Gasteiger partial charge >= 0.3 is 11.1 Å². The fourth-order valence-electron chi connectivity index (χ4n) is 2.25. The van der Waals surface area contributed by atoms with Crippen molar-refractivity contribution in [3.05, 3.63) is 20.7 Å². The van der Waals surface area contributed by atoms with Crippen LogP contribution in [-0.4, -0.2) is 46.3 Å². The Bertz CT molecular complexity index is 550. The summed E-state index contributed by atoms with van der Waals surface area (Å²) in [5.41, 5.74) is -1.43. The summed E-state index contributed by atoms with van der Waals surface area (Å²) in [6.07, 6.45) is 1.05. The molecule has 20 heavy (non-hydrogen) atoms. The van der Waals surface area contributed by atoms with Gasteiger partial charge in [-0.05, 0) is 13.0 Å². The first-order valence-electron chi connectivity index (χ1n) is 6.73. The Kier molecular flexibility index (Phi) is 5.38. The molecule has 8 heteroatoms. The second kappa shape index (κ2) is 7.05. The zero-order valence-electron chi connectivity index (χ0n) is 11.7. The number of thioether (sulfide) groups is 1. The minimum absolute atomic E-state index is 0.316. The van der Waals surface area contributed by atoms with Gasteiger partial charge in [0.1, 0.15) is 0 Å². The first-order chi connectivity index (χ1) is 9.61. The second-order valence-electron chi connectivity index (χ2n) is 4.80. The summed E-state index contributed by atoms with van der Waals surface area (Å²) in [4.78, 5) is 26.3. The van der Waals surface area contributed by atoms with Gasteiger partial charge < -0.3 is 10.1 Å². The van der Waals surface area contributed by atoms with Crippen LogP contribution in [0, 0.1) is 5.92 Å². The van der Waals surface area contributed by atoms with E-state index in [0.717, 1.165) is 31.9 Å². The molecule has 0 aliphatic carbocycles. The lowest BCUT2D eigenvalue weighted by Gasteiger charge is -2.22. The number of aromatic amines is 1. The number of aryl methyl sites for hydroxylation is 1. The van der Waals surface area contributed by atoms with E-state index >= 15 is 0 Å². The number of nitrogens with zero attached hydrogens (tertiary/aromatic N) is 2. The molecule has 0 amide bonds. The summed E-state index contributed by atoms with van der Waals surface area (Å²) < 4.78 is 6.92. The van der Waals surface area contributed by atoms with Crippen LogP contribution in [0.4, 0.5) is 0 Å². The molecule has 1 saturated heterocycles. The van der Waals surface area contributed by atoms with Gasteiger partial charge in [0.05, 0.1) is 6.61 Å². The average Bonchev–Trinajstić information content (AvgIpc) is 2.93. The summed E-state index contributed by atoms with van der Waals surface area (Å²) in [6.45, 7) is 4.55. The molecular formula is C12H20N4O3S. The van der Waals surface area contributed by atoms with Gasteiger partial charge in [-0.2, -0.15) is 4.98 Å². The maximum atomic E-state index is 11.3. The first-order valence-corrected chi connectivity index (χ1v) is 7.71. The lowest BCUT2D eigenvalue weighted by molar-refractivity contribution is 0.179. The van der Waals surface area contributed by atoms with Crippen molar-refractivity contribution in [2.24, 2.45) is 13.0 Å². The molecule has 0 spiro atoms. The number of rotatable bonds is 6. The smallest absolute Gasteiger partial charge is 0.339 e. The minimum Gasteiger partial charge on any atom is -0.381 e. The van der Waals surface area contributed by atoms with Gasteiger partial charge in [-0.1, -0.05) is 18.7 Å². The minimum atomic E-state index is -0.741. The molecule has 2 atom stereocenters. The van der Waals surface area contributed by atoms with Crippen LogP contribution in [0.15, 0.2) is 14.7 Å². The van der Waals surface area contributed by atoms with E-state index in [1.165, 1.54) is 16.4 Å². The van der Waals surface area contributed by atoms with Gasteiger partial charge in [-0.15, -0.1) is 0 Å². The van der Waals surface area contributed by atoms with Crippen molar-refractivity contribution >= 4 is 11.8 Å². The van der Waals surface area contributed by atoms with E-state index in [0.29, 0.717) is 17.1 Å². The molecule has 1 aromatic rings. The molecule has 1 aliphatic heterocycles. The van der Waals surface area contributed by atoms with Crippen molar-refractivity contribution in [1.29, 1.82) is 0 Å². The van der Waals surface area contributed by atoms with Crippen LogP contribution in [0.2, 0.25) is 0 Å². The maximum absolute atomic E-state index is 11.3. The topological polar surface area (TPSA) is 89.0 Å². The molecule has 0 saturated carbocycles. The van der Waals surface area contributed by atoms with Gasteiger partial charge in [-0.3, -0.25) is 19.4 Å². The zero-order chi connectivity index (χ0) is 14.5. The fraction of sp³-hybridized carbons (Fsp3) is 0.750. The first kappa shape index (κ1) is 15.3. The van der Waals surface area contributed by atoms with Gasteiger partial charge in [0, 0.05) is 31.4 Å². The summed E-state index contributed by atoms with van der Waals surface area (Å²) in [7, 11) is 1.68. The molecule has 2 heterocycles. The monoisotopic (exact) mass is 300 g/mol. The van der Waals surface area contributed by atoms with E-state index in [9.17, 15) is 9.59 Å². The number of hydrogen-bond acceptors (Lipinski definition) is 6. The normalized spacial score (nSPS) is 20.2. The molecule has 112 valence electrons. The van der Waals surface area contributed by atoms with Crippen molar-refractivity contribution in [3.63, 3.8) is 0 Å². The Hall–Kier alpha value is -1.12. The second-order valence-corrected chi connectivity index (χ2v) is 5.79. The predicted octanol–water partition coefficient (Wildman–Crippen LogP) is -0.425. The Labute approximate surface area is 121 Å². The van der Waals surface area contributed by atoms with E-state index in [-0.39, 0.29) is 0 Å². The van der Waals surface area contributed by atoms with E-state index < -0.39 is 11.1 Å². The third-order valence-corrected chi connectivity index (χ3v) is 4.49. The van der Waals surface area contributed by atoms with Gasteiger partial charge in [-0.25, -0.2) is 0 Å². The largest absolute Gasteiger partial charge is 0.381 e. The Morgan fingerprint density at radius 2 is 2.40 bits per heavy atom. The van der Waals surface area contributed by atoms with Crippen molar-refractivity contribution in [3.8, 4) is 0 Å². The van der Waals surface area contributed by atoms with Crippen LogP contribution in [0.25, 0.3) is 0 Å². The molecular weight excluding hydrogens is 280 g/mol. The third-order valence-electron chi connectivity index (χ3n) is 3.34. The Morgan fingerprint density at radius 1 is 1.60 bits per heavy atom. The van der Waals surface area contributed by atoms with Crippen LogP contribution in [0.1, 0.15) is 13.3 Å². The summed E-state index contributed by atoms with van der Waals surface area (Å²) in [5, 5.41) is 6.43. The van der Waals surface area contributed by atoms with E-state index in [4.69, 9.17) is 4.74 Å². The summed E-state index contributed by atoms with van der Waals surface area (Å²) in [5.74, 6) is 1.27. The van der Waals surface area contributed by atoms with Gasteiger partial charge in [0.25, 0.3) is 0 Å². The van der Waals surface area contributed by atoms with Crippen molar-refractivity contribution in [2.45, 2.75) is 24.5 Å². The highest BCUT2D eigenvalue weighted by atomic mass is 32.2. The highest BCUT2D eigenvalue weighted by molar-refractivity contribution is 7.99. The number of aromatic nitrogens is 3. The highest BCUT2D eigenvalue weighted by Gasteiger charge is 2.25. The third kappa shape index (κ3) is 3.71. The van der Waals surface area contributed by atoms with E-state index in [1.807, 2.05) is 0 Å². The molecule has 7 nitrogen and oxygen atoms in total. The van der Waals surface area contributed by atoms with Crippen molar-refractivity contribution < 1.29 is 4.74 Å². The quantitative estimate of drug-likeness (QED) is 0.548. The average molecular weight is 300 g/mol. The van der Waals surface area contributed by atoms with Gasteiger partial charge in [0.2, 0.25) is 0 Å². The number of ether oxygens (including phenoxy) is 1. The standard InChI is InChI=1S/C12H20N4O3S/c1-3-13-9(8-4-5-19-6-8)7-20-12-14-10(17)11(18)15-16(12)2/h8-9,13H,3-7H2,1-2H3,(H,15,18). The number of nitrogens with one attached hydrogen (secondary N) is 2. The van der Waals surface area contributed by atoms with Crippen LogP contribution in [0.3, 0.4) is 0 Å². The molecule has 2 rings (SSSR count). The summed E-state index contributed by atoms with van der Waals surface area (Å²) in [6, 6.07) is 0.316.